The van der Waals surface area contributed by atoms with Crippen molar-refractivity contribution in [3.8, 4) is 0 Å². The lowest BCUT2D eigenvalue weighted by Crippen LogP contribution is -2.31. The number of aryl methyl sites for hydroxylation is 1. The highest BCUT2D eigenvalue weighted by atomic mass is 15.3. The molecule has 1 heterocycles. The van der Waals surface area contributed by atoms with E-state index in [2.05, 4.69) is 18.2 Å². The molecule has 0 bridgehead atoms. The monoisotopic (exact) mass is 219 g/mol. The van der Waals surface area contributed by atoms with E-state index < -0.39 is 0 Å². The highest BCUT2D eigenvalue weighted by Gasteiger charge is 2.47. The Morgan fingerprint density at radius 2 is 2.19 bits per heavy atom. The SMILES string of the molecule is CCn1cc(CC(N)C2CC3CC3C2)cn1. The van der Waals surface area contributed by atoms with Crippen molar-refractivity contribution in [3.63, 3.8) is 0 Å². The van der Waals surface area contributed by atoms with E-state index in [9.17, 15) is 0 Å². The number of nitrogens with two attached hydrogens (primary N) is 1. The minimum Gasteiger partial charge on any atom is -0.327 e. The molecule has 3 unspecified atom stereocenters. The zero-order valence-electron chi connectivity index (χ0n) is 9.97. The first-order valence-electron chi connectivity index (χ1n) is 6.53. The van der Waals surface area contributed by atoms with Crippen LogP contribution in [-0.2, 0) is 13.0 Å². The van der Waals surface area contributed by atoms with Crippen LogP contribution in [0.2, 0.25) is 0 Å². The zero-order valence-corrected chi connectivity index (χ0v) is 9.97. The highest BCUT2D eigenvalue weighted by molar-refractivity contribution is 5.08. The fraction of sp³-hybridized carbons (Fsp3) is 0.769. The van der Waals surface area contributed by atoms with Gasteiger partial charge in [0.05, 0.1) is 6.20 Å². The van der Waals surface area contributed by atoms with Crippen molar-refractivity contribution in [1.29, 1.82) is 0 Å². The molecule has 2 aliphatic carbocycles. The summed E-state index contributed by atoms with van der Waals surface area (Å²) in [5.41, 5.74) is 7.61. The lowest BCUT2D eigenvalue weighted by Gasteiger charge is -2.19. The van der Waals surface area contributed by atoms with Crippen LogP contribution in [0.1, 0.15) is 31.7 Å². The maximum atomic E-state index is 6.31. The normalized spacial score (nSPS) is 33.8. The Labute approximate surface area is 97.0 Å². The van der Waals surface area contributed by atoms with Gasteiger partial charge in [0, 0.05) is 18.8 Å². The van der Waals surface area contributed by atoms with Gasteiger partial charge >= 0.3 is 0 Å². The molecule has 88 valence electrons. The fourth-order valence-corrected chi connectivity index (χ4v) is 3.23. The van der Waals surface area contributed by atoms with Crippen molar-refractivity contribution >= 4 is 0 Å². The van der Waals surface area contributed by atoms with E-state index >= 15 is 0 Å². The van der Waals surface area contributed by atoms with Gasteiger partial charge < -0.3 is 5.73 Å². The Balaban J connectivity index is 1.57. The van der Waals surface area contributed by atoms with Gasteiger partial charge in [0.15, 0.2) is 0 Å². The molecule has 1 aromatic heterocycles. The van der Waals surface area contributed by atoms with Gasteiger partial charge in [-0.05, 0) is 55.9 Å². The average molecular weight is 219 g/mol. The summed E-state index contributed by atoms with van der Waals surface area (Å²) in [7, 11) is 0. The molecule has 0 saturated heterocycles. The van der Waals surface area contributed by atoms with Crippen LogP contribution in [-0.4, -0.2) is 15.8 Å². The van der Waals surface area contributed by atoms with E-state index in [-0.39, 0.29) is 0 Å². The summed E-state index contributed by atoms with van der Waals surface area (Å²) < 4.78 is 1.98. The van der Waals surface area contributed by atoms with Gasteiger partial charge in [0.2, 0.25) is 0 Å². The summed E-state index contributed by atoms with van der Waals surface area (Å²) >= 11 is 0. The Morgan fingerprint density at radius 1 is 1.44 bits per heavy atom. The van der Waals surface area contributed by atoms with Gasteiger partial charge in [0.25, 0.3) is 0 Å². The molecule has 2 saturated carbocycles. The molecule has 0 spiro atoms. The molecular weight excluding hydrogens is 198 g/mol. The van der Waals surface area contributed by atoms with Gasteiger partial charge in [-0.15, -0.1) is 0 Å². The van der Waals surface area contributed by atoms with Crippen molar-refractivity contribution < 1.29 is 0 Å². The second-order valence-electron chi connectivity index (χ2n) is 5.56. The lowest BCUT2D eigenvalue weighted by molar-refractivity contribution is 0.392. The Hall–Kier alpha value is -0.830. The summed E-state index contributed by atoms with van der Waals surface area (Å²) in [6.07, 6.45) is 9.36. The molecule has 16 heavy (non-hydrogen) atoms. The standard InChI is InChI=1S/C13H21N3/c1-2-16-8-9(7-15-16)3-13(14)12-5-10-4-11(10)6-12/h7-8,10-13H,2-6,14H2,1H3. The van der Waals surface area contributed by atoms with Crippen molar-refractivity contribution in [2.45, 2.75) is 45.2 Å². The van der Waals surface area contributed by atoms with Crippen molar-refractivity contribution in [1.82, 2.24) is 9.78 Å². The largest absolute Gasteiger partial charge is 0.327 e. The maximum absolute atomic E-state index is 6.31. The topological polar surface area (TPSA) is 43.8 Å². The molecule has 0 radical (unpaired) electrons. The van der Waals surface area contributed by atoms with E-state index in [0.717, 1.165) is 30.7 Å². The molecule has 2 aliphatic rings. The van der Waals surface area contributed by atoms with Crippen LogP contribution in [0.4, 0.5) is 0 Å². The quantitative estimate of drug-likeness (QED) is 0.839. The van der Waals surface area contributed by atoms with Crippen LogP contribution in [0.3, 0.4) is 0 Å². The van der Waals surface area contributed by atoms with Crippen molar-refractivity contribution in [2.24, 2.45) is 23.5 Å². The van der Waals surface area contributed by atoms with Crippen LogP contribution < -0.4 is 5.73 Å². The lowest BCUT2D eigenvalue weighted by atomic mass is 9.91. The molecule has 0 aromatic carbocycles. The first-order chi connectivity index (χ1) is 7.76. The molecule has 2 fully saturated rings. The van der Waals surface area contributed by atoms with E-state index in [4.69, 9.17) is 5.73 Å². The van der Waals surface area contributed by atoms with Crippen LogP contribution >= 0.6 is 0 Å². The Kier molecular flexibility index (Phi) is 2.51. The van der Waals surface area contributed by atoms with Crippen molar-refractivity contribution in [3.05, 3.63) is 18.0 Å². The van der Waals surface area contributed by atoms with Gasteiger partial charge in [-0.1, -0.05) is 0 Å². The molecule has 3 nitrogen and oxygen atoms in total. The number of fused-ring (bicyclic) bond motifs is 1. The summed E-state index contributed by atoms with van der Waals surface area (Å²) in [5.74, 6) is 2.84. The number of aromatic nitrogens is 2. The molecule has 0 aliphatic heterocycles. The van der Waals surface area contributed by atoms with Gasteiger partial charge in [-0.2, -0.15) is 5.10 Å². The molecule has 3 rings (SSSR count). The fourth-order valence-electron chi connectivity index (χ4n) is 3.23. The van der Waals surface area contributed by atoms with Crippen LogP contribution in [0.15, 0.2) is 12.4 Å². The second kappa shape index (κ2) is 3.88. The van der Waals surface area contributed by atoms with E-state index in [1.165, 1.54) is 24.8 Å². The zero-order chi connectivity index (χ0) is 11.1. The first kappa shape index (κ1) is 10.3. The molecule has 0 amide bonds. The maximum Gasteiger partial charge on any atom is 0.0522 e. The summed E-state index contributed by atoms with van der Waals surface area (Å²) in [6.45, 7) is 3.06. The molecular formula is C13H21N3. The first-order valence-corrected chi connectivity index (χ1v) is 6.53. The minimum absolute atomic E-state index is 0.349. The third-order valence-corrected chi connectivity index (χ3v) is 4.37. The van der Waals surface area contributed by atoms with E-state index in [1.54, 1.807) is 0 Å². The smallest absolute Gasteiger partial charge is 0.0522 e. The number of nitrogens with zero attached hydrogens (tertiary/aromatic N) is 2. The number of hydrogen-bond acceptors (Lipinski definition) is 2. The minimum atomic E-state index is 0.349. The third kappa shape index (κ3) is 1.88. The van der Waals surface area contributed by atoms with E-state index in [1.807, 2.05) is 10.9 Å². The Bertz CT molecular complexity index is 361. The van der Waals surface area contributed by atoms with Gasteiger partial charge in [-0.3, -0.25) is 4.68 Å². The predicted octanol–water partition coefficient (Wildman–Crippen LogP) is 1.82. The van der Waals surface area contributed by atoms with Gasteiger partial charge in [-0.25, -0.2) is 0 Å². The summed E-state index contributed by atoms with van der Waals surface area (Å²) in [4.78, 5) is 0. The molecule has 1 aromatic rings. The number of rotatable bonds is 4. The Morgan fingerprint density at radius 3 is 2.81 bits per heavy atom. The molecule has 3 heteroatoms. The third-order valence-electron chi connectivity index (χ3n) is 4.37. The molecule has 3 atom stereocenters. The van der Waals surface area contributed by atoms with Crippen LogP contribution in [0, 0.1) is 17.8 Å². The van der Waals surface area contributed by atoms with Gasteiger partial charge in [0.1, 0.15) is 0 Å². The second-order valence-corrected chi connectivity index (χ2v) is 5.56. The molecule has 2 N–H and O–H groups in total. The van der Waals surface area contributed by atoms with Crippen molar-refractivity contribution in [2.75, 3.05) is 0 Å². The number of hydrogen-bond donors (Lipinski definition) is 1. The van der Waals surface area contributed by atoms with E-state index in [0.29, 0.717) is 6.04 Å². The van der Waals surface area contributed by atoms with Crippen LogP contribution in [0.25, 0.3) is 0 Å². The summed E-state index contributed by atoms with van der Waals surface area (Å²) in [6, 6.07) is 0.349. The average Bonchev–Trinajstić information content (AvgIpc) is 2.74. The van der Waals surface area contributed by atoms with Crippen LogP contribution in [0.5, 0.6) is 0 Å². The highest BCUT2D eigenvalue weighted by Crippen LogP contribution is 2.55. The predicted molar refractivity (Wildman–Crippen MR) is 63.9 cm³/mol. The summed E-state index contributed by atoms with van der Waals surface area (Å²) in [5, 5.41) is 4.30.